The van der Waals surface area contributed by atoms with Gasteiger partial charge in [0.1, 0.15) is 0 Å². The number of carbonyl (C=O) groups is 2. The third-order valence-corrected chi connectivity index (χ3v) is 3.19. The number of carboxylic acids is 1. The van der Waals surface area contributed by atoms with Crippen LogP contribution >= 0.6 is 0 Å². The average molecular weight is 315 g/mol. The van der Waals surface area contributed by atoms with Gasteiger partial charge in [-0.05, 0) is 6.92 Å². The number of rotatable bonds is 6. The number of carboxylic acid groups (broad SMARTS) is 1. The quantitative estimate of drug-likeness (QED) is 0.832. The normalized spacial score (nSPS) is 11.7. The minimum atomic E-state index is -1.17. The van der Waals surface area contributed by atoms with Crippen LogP contribution in [-0.4, -0.2) is 46.7 Å². The van der Waals surface area contributed by atoms with Crippen LogP contribution in [-0.2, 0) is 9.53 Å². The minimum absolute atomic E-state index is 0.122. The van der Waals surface area contributed by atoms with Crippen LogP contribution in [0.15, 0.2) is 36.5 Å². The Morgan fingerprint density at radius 1 is 1.30 bits per heavy atom. The zero-order valence-electron chi connectivity index (χ0n) is 12.8. The number of nitrogens with zero attached hydrogens (tertiary/aromatic N) is 2. The summed E-state index contributed by atoms with van der Waals surface area (Å²) < 4.78 is 4.78. The van der Waals surface area contributed by atoms with Crippen LogP contribution in [0.4, 0.5) is 0 Å². The minimum Gasteiger partial charge on any atom is -0.480 e. The molecule has 0 radical (unpaired) electrons. The maximum Gasteiger partial charge on any atom is 0.328 e. The summed E-state index contributed by atoms with van der Waals surface area (Å²) in [5.74, 6) is -1.21. The van der Waals surface area contributed by atoms with Crippen LogP contribution in [0, 0.1) is 6.92 Å². The van der Waals surface area contributed by atoms with E-state index in [1.165, 1.54) is 13.3 Å². The number of aryl methyl sites for hydroxylation is 1. The van der Waals surface area contributed by atoms with Crippen LogP contribution in [0.3, 0.4) is 0 Å². The van der Waals surface area contributed by atoms with Crippen molar-refractivity contribution in [2.45, 2.75) is 13.0 Å². The van der Waals surface area contributed by atoms with Crippen molar-refractivity contribution >= 4 is 11.9 Å². The summed E-state index contributed by atoms with van der Waals surface area (Å²) in [5.41, 5.74) is 1.54. The van der Waals surface area contributed by atoms with Crippen molar-refractivity contribution in [1.29, 1.82) is 0 Å². The molecule has 1 aromatic heterocycles. The lowest BCUT2D eigenvalue weighted by Crippen LogP contribution is -2.44. The maximum atomic E-state index is 12.2. The van der Waals surface area contributed by atoms with Gasteiger partial charge in [-0.1, -0.05) is 30.3 Å². The molecular weight excluding hydrogens is 298 g/mol. The molecule has 23 heavy (non-hydrogen) atoms. The summed E-state index contributed by atoms with van der Waals surface area (Å²) in [6.07, 6.45) is 1.39. The van der Waals surface area contributed by atoms with E-state index in [-0.39, 0.29) is 12.2 Å². The van der Waals surface area contributed by atoms with E-state index in [4.69, 9.17) is 9.84 Å². The molecule has 0 aliphatic rings. The van der Waals surface area contributed by atoms with Crippen molar-refractivity contribution in [3.05, 3.63) is 47.8 Å². The SMILES string of the molecule is COCC(NC(=O)c1cnc(-c2ccccc2)nc1C)C(=O)O. The Bertz CT molecular complexity index is 704. The van der Waals surface area contributed by atoms with Crippen molar-refractivity contribution in [1.82, 2.24) is 15.3 Å². The van der Waals surface area contributed by atoms with Crippen molar-refractivity contribution in [2.24, 2.45) is 0 Å². The van der Waals surface area contributed by atoms with E-state index < -0.39 is 17.9 Å². The average Bonchev–Trinajstić information content (AvgIpc) is 2.55. The molecule has 120 valence electrons. The number of amides is 1. The van der Waals surface area contributed by atoms with Gasteiger partial charge in [-0.2, -0.15) is 0 Å². The third kappa shape index (κ3) is 4.10. The molecule has 1 aromatic carbocycles. The second-order valence-electron chi connectivity index (χ2n) is 4.88. The van der Waals surface area contributed by atoms with Gasteiger partial charge in [0.15, 0.2) is 11.9 Å². The van der Waals surface area contributed by atoms with Gasteiger partial charge in [-0.3, -0.25) is 4.79 Å². The first-order valence-corrected chi connectivity index (χ1v) is 6.94. The number of aliphatic carboxylic acids is 1. The van der Waals surface area contributed by atoms with Crippen molar-refractivity contribution in [2.75, 3.05) is 13.7 Å². The van der Waals surface area contributed by atoms with Gasteiger partial charge in [0.25, 0.3) is 5.91 Å². The monoisotopic (exact) mass is 315 g/mol. The van der Waals surface area contributed by atoms with Crippen LogP contribution < -0.4 is 5.32 Å². The van der Waals surface area contributed by atoms with Crippen molar-refractivity contribution in [3.8, 4) is 11.4 Å². The molecule has 7 heteroatoms. The molecule has 1 heterocycles. The van der Waals surface area contributed by atoms with Crippen LogP contribution in [0.1, 0.15) is 16.1 Å². The highest BCUT2D eigenvalue weighted by Gasteiger charge is 2.22. The number of carbonyl (C=O) groups excluding carboxylic acids is 1. The topological polar surface area (TPSA) is 101 Å². The molecule has 1 amide bonds. The molecule has 0 spiro atoms. The number of aromatic nitrogens is 2. The number of hydrogen-bond acceptors (Lipinski definition) is 5. The largest absolute Gasteiger partial charge is 0.480 e. The zero-order chi connectivity index (χ0) is 16.8. The van der Waals surface area contributed by atoms with Crippen LogP contribution in [0.5, 0.6) is 0 Å². The number of methoxy groups -OCH3 is 1. The molecule has 7 nitrogen and oxygen atoms in total. The first-order valence-electron chi connectivity index (χ1n) is 6.94. The number of nitrogens with one attached hydrogen (secondary N) is 1. The predicted octanol–water partition coefficient (Wildman–Crippen LogP) is 1.28. The van der Waals surface area contributed by atoms with E-state index in [9.17, 15) is 9.59 Å². The predicted molar refractivity (Wildman–Crippen MR) is 83.0 cm³/mol. The molecular formula is C16H17N3O4. The van der Waals surface area contributed by atoms with Gasteiger partial charge in [-0.25, -0.2) is 14.8 Å². The van der Waals surface area contributed by atoms with Gasteiger partial charge in [-0.15, -0.1) is 0 Å². The van der Waals surface area contributed by atoms with Crippen molar-refractivity contribution in [3.63, 3.8) is 0 Å². The summed E-state index contributed by atoms with van der Waals surface area (Å²) in [6.45, 7) is 1.55. The van der Waals surface area contributed by atoms with Gasteiger partial charge >= 0.3 is 5.97 Å². The molecule has 0 bridgehead atoms. The Morgan fingerprint density at radius 2 is 2.00 bits per heavy atom. The van der Waals surface area contributed by atoms with Gasteiger partial charge in [0.2, 0.25) is 0 Å². The summed E-state index contributed by atoms with van der Waals surface area (Å²) in [6, 6.07) is 8.25. The van der Waals surface area contributed by atoms with E-state index in [0.717, 1.165) is 5.56 Å². The fraction of sp³-hybridized carbons (Fsp3) is 0.250. The van der Waals surface area contributed by atoms with E-state index in [2.05, 4.69) is 15.3 Å². The third-order valence-electron chi connectivity index (χ3n) is 3.19. The van der Waals surface area contributed by atoms with Gasteiger partial charge in [0, 0.05) is 18.9 Å². The molecule has 2 rings (SSSR count). The molecule has 0 aliphatic carbocycles. The summed E-state index contributed by atoms with van der Waals surface area (Å²) in [4.78, 5) is 31.7. The highest BCUT2D eigenvalue weighted by atomic mass is 16.5. The molecule has 2 N–H and O–H groups in total. The van der Waals surface area contributed by atoms with Gasteiger partial charge in [0.05, 0.1) is 17.9 Å². The summed E-state index contributed by atoms with van der Waals surface area (Å²) >= 11 is 0. The van der Waals surface area contributed by atoms with E-state index in [1.54, 1.807) is 6.92 Å². The van der Waals surface area contributed by atoms with Crippen molar-refractivity contribution < 1.29 is 19.4 Å². The first kappa shape index (κ1) is 16.6. The standard InChI is InChI=1S/C16H17N3O4/c1-10-12(15(20)19-13(9-23-2)16(21)22)8-17-14(18-10)11-6-4-3-5-7-11/h3-8,13H,9H2,1-2H3,(H,19,20)(H,21,22). The van der Waals surface area contributed by atoms with E-state index in [0.29, 0.717) is 11.5 Å². The Morgan fingerprint density at radius 3 is 2.57 bits per heavy atom. The first-order chi connectivity index (χ1) is 11.0. The highest BCUT2D eigenvalue weighted by Crippen LogP contribution is 2.15. The Labute approximate surface area is 133 Å². The lowest BCUT2D eigenvalue weighted by atomic mass is 10.1. The number of benzene rings is 1. The molecule has 0 aliphatic heterocycles. The number of hydrogen-bond donors (Lipinski definition) is 2. The summed E-state index contributed by atoms with van der Waals surface area (Å²) in [7, 11) is 1.37. The molecule has 0 saturated carbocycles. The Balaban J connectivity index is 2.20. The second-order valence-corrected chi connectivity index (χ2v) is 4.88. The molecule has 0 saturated heterocycles. The molecule has 2 aromatic rings. The summed E-state index contributed by atoms with van der Waals surface area (Å²) in [5, 5.41) is 11.4. The Hall–Kier alpha value is -2.80. The molecule has 1 unspecified atom stereocenters. The van der Waals surface area contributed by atoms with E-state index >= 15 is 0 Å². The highest BCUT2D eigenvalue weighted by molar-refractivity contribution is 5.97. The maximum absolute atomic E-state index is 12.2. The molecule has 1 atom stereocenters. The smallest absolute Gasteiger partial charge is 0.328 e. The van der Waals surface area contributed by atoms with Crippen LogP contribution in [0.2, 0.25) is 0 Å². The fourth-order valence-electron chi connectivity index (χ4n) is 1.99. The number of ether oxygens (including phenoxy) is 1. The van der Waals surface area contributed by atoms with Crippen LogP contribution in [0.25, 0.3) is 11.4 Å². The van der Waals surface area contributed by atoms with Gasteiger partial charge < -0.3 is 15.2 Å². The van der Waals surface area contributed by atoms with E-state index in [1.807, 2.05) is 30.3 Å². The lowest BCUT2D eigenvalue weighted by molar-refractivity contribution is -0.140. The Kier molecular flexibility index (Phi) is 5.37. The lowest BCUT2D eigenvalue weighted by Gasteiger charge is -2.14. The zero-order valence-corrected chi connectivity index (χ0v) is 12.8. The second kappa shape index (κ2) is 7.46. The molecule has 0 fully saturated rings. The fourth-order valence-corrected chi connectivity index (χ4v) is 1.99.